The molecule has 0 atom stereocenters. The van der Waals surface area contributed by atoms with Crippen LogP contribution in [-0.4, -0.2) is 15.2 Å². The van der Waals surface area contributed by atoms with Crippen LogP contribution in [0.15, 0.2) is 0 Å². The molecule has 3 nitrogen and oxygen atoms in total. The number of aromatic hydroxyl groups is 2. The first-order chi connectivity index (χ1) is 4.24. The van der Waals surface area contributed by atoms with Gasteiger partial charge in [0.15, 0.2) is 0 Å². The van der Waals surface area contributed by atoms with E-state index in [1.54, 1.807) is 0 Å². The van der Waals surface area contributed by atoms with Gasteiger partial charge in [0.2, 0.25) is 5.88 Å². The fourth-order valence-corrected chi connectivity index (χ4v) is 1.20. The maximum atomic E-state index is 8.87. The molecule has 0 unspecified atom stereocenters. The molecule has 0 aliphatic heterocycles. The van der Waals surface area contributed by atoms with E-state index in [0.717, 1.165) is 16.2 Å². The third-order valence-electron chi connectivity index (χ3n) is 0.987. The molecule has 0 bridgehead atoms. The zero-order valence-corrected chi connectivity index (χ0v) is 5.77. The first-order valence-electron chi connectivity index (χ1n) is 2.61. The molecule has 0 saturated heterocycles. The summed E-state index contributed by atoms with van der Waals surface area (Å²) in [6, 6.07) is 0. The lowest BCUT2D eigenvalue weighted by Gasteiger charge is -1.83. The molecular weight excluding hydrogens is 138 g/mol. The molecule has 4 heteroatoms. The minimum atomic E-state index is -0.0654. The Morgan fingerprint density at radius 3 is 2.44 bits per heavy atom. The van der Waals surface area contributed by atoms with Crippen LogP contribution in [0.5, 0.6) is 11.1 Å². The summed E-state index contributed by atoms with van der Waals surface area (Å²) in [5, 5.41) is 17.5. The lowest BCUT2D eigenvalue weighted by Crippen LogP contribution is -1.70. The summed E-state index contributed by atoms with van der Waals surface area (Å²) in [6.45, 7) is 1.90. The molecule has 0 aliphatic carbocycles. The van der Waals surface area contributed by atoms with E-state index < -0.39 is 0 Å². The van der Waals surface area contributed by atoms with Gasteiger partial charge in [0.25, 0.3) is 5.19 Å². The summed E-state index contributed by atoms with van der Waals surface area (Å²) >= 11 is 1.11. The summed E-state index contributed by atoms with van der Waals surface area (Å²) in [4.78, 5) is 4.14. The topological polar surface area (TPSA) is 53.4 Å². The Morgan fingerprint density at radius 2 is 2.22 bits per heavy atom. The minimum absolute atomic E-state index is 0.0417. The average molecular weight is 145 g/mol. The van der Waals surface area contributed by atoms with Crippen molar-refractivity contribution in [2.45, 2.75) is 13.3 Å². The SMILES string of the molecule is CCc1sc(O)nc1O. The van der Waals surface area contributed by atoms with Crippen LogP contribution in [0.2, 0.25) is 0 Å². The van der Waals surface area contributed by atoms with Gasteiger partial charge in [-0.2, -0.15) is 4.98 Å². The monoisotopic (exact) mass is 145 g/mol. The van der Waals surface area contributed by atoms with E-state index in [-0.39, 0.29) is 11.1 Å². The van der Waals surface area contributed by atoms with Gasteiger partial charge in [-0.15, -0.1) is 0 Å². The predicted octanol–water partition coefficient (Wildman–Crippen LogP) is 1.12. The molecule has 0 radical (unpaired) electrons. The van der Waals surface area contributed by atoms with Crippen LogP contribution in [0.3, 0.4) is 0 Å². The second kappa shape index (κ2) is 2.23. The fourth-order valence-electron chi connectivity index (χ4n) is 0.562. The normalized spacial score (nSPS) is 9.89. The second-order valence-electron chi connectivity index (χ2n) is 1.60. The highest BCUT2D eigenvalue weighted by Crippen LogP contribution is 2.28. The van der Waals surface area contributed by atoms with Gasteiger partial charge in [0.05, 0.1) is 4.88 Å². The first-order valence-corrected chi connectivity index (χ1v) is 3.43. The van der Waals surface area contributed by atoms with E-state index in [1.807, 2.05) is 6.92 Å². The van der Waals surface area contributed by atoms with Gasteiger partial charge in [-0.05, 0) is 6.42 Å². The van der Waals surface area contributed by atoms with Crippen LogP contribution in [0, 0.1) is 0 Å². The molecule has 1 rings (SSSR count). The van der Waals surface area contributed by atoms with Gasteiger partial charge >= 0.3 is 0 Å². The van der Waals surface area contributed by atoms with E-state index in [2.05, 4.69) is 4.98 Å². The number of thiazole rings is 1. The number of aromatic nitrogens is 1. The van der Waals surface area contributed by atoms with Crippen molar-refractivity contribution in [1.29, 1.82) is 0 Å². The van der Waals surface area contributed by atoms with E-state index in [9.17, 15) is 0 Å². The van der Waals surface area contributed by atoms with Crippen molar-refractivity contribution in [2.24, 2.45) is 0 Å². The lowest BCUT2D eigenvalue weighted by atomic mass is 10.4. The molecule has 1 aromatic heterocycles. The highest BCUT2D eigenvalue weighted by atomic mass is 32.1. The lowest BCUT2D eigenvalue weighted by molar-refractivity contribution is 0.426. The molecule has 0 aliphatic rings. The molecule has 0 saturated carbocycles. The third-order valence-corrected chi connectivity index (χ3v) is 1.98. The molecule has 2 N–H and O–H groups in total. The van der Waals surface area contributed by atoms with Crippen molar-refractivity contribution in [2.75, 3.05) is 0 Å². The van der Waals surface area contributed by atoms with Gasteiger partial charge in [0.1, 0.15) is 0 Å². The average Bonchev–Trinajstić information content (AvgIpc) is 2.10. The molecular formula is C5H7NO2S. The molecule has 50 valence electrons. The highest BCUT2D eigenvalue weighted by Gasteiger charge is 2.05. The van der Waals surface area contributed by atoms with E-state index in [1.165, 1.54) is 0 Å². The van der Waals surface area contributed by atoms with Crippen molar-refractivity contribution in [3.05, 3.63) is 4.88 Å². The van der Waals surface area contributed by atoms with Crippen molar-refractivity contribution in [1.82, 2.24) is 4.98 Å². The number of hydrogen-bond acceptors (Lipinski definition) is 4. The van der Waals surface area contributed by atoms with Crippen molar-refractivity contribution in [3.63, 3.8) is 0 Å². The molecule has 1 aromatic rings. The Bertz CT molecular complexity index is 209. The Morgan fingerprint density at radius 1 is 1.56 bits per heavy atom. The number of hydrogen-bond donors (Lipinski definition) is 2. The minimum Gasteiger partial charge on any atom is -0.492 e. The Labute approximate surface area is 56.6 Å². The number of nitrogens with zero attached hydrogens (tertiary/aromatic N) is 1. The molecule has 0 spiro atoms. The Kier molecular flexibility index (Phi) is 1.57. The van der Waals surface area contributed by atoms with Crippen molar-refractivity contribution >= 4 is 11.3 Å². The zero-order valence-electron chi connectivity index (χ0n) is 4.96. The van der Waals surface area contributed by atoms with Crippen LogP contribution >= 0.6 is 11.3 Å². The molecule has 9 heavy (non-hydrogen) atoms. The second-order valence-corrected chi connectivity index (χ2v) is 2.66. The molecule has 0 fully saturated rings. The molecule has 1 heterocycles. The summed E-state index contributed by atoms with van der Waals surface area (Å²) in [6.07, 6.45) is 0.712. The fraction of sp³-hybridized carbons (Fsp3) is 0.400. The maximum absolute atomic E-state index is 8.87. The van der Waals surface area contributed by atoms with Crippen LogP contribution < -0.4 is 0 Å². The molecule has 0 amide bonds. The van der Waals surface area contributed by atoms with Crippen LogP contribution in [0.25, 0.3) is 0 Å². The van der Waals surface area contributed by atoms with E-state index in [4.69, 9.17) is 10.2 Å². The van der Waals surface area contributed by atoms with Gasteiger partial charge in [0, 0.05) is 0 Å². The number of rotatable bonds is 1. The quantitative estimate of drug-likeness (QED) is 0.622. The van der Waals surface area contributed by atoms with E-state index in [0.29, 0.717) is 6.42 Å². The maximum Gasteiger partial charge on any atom is 0.274 e. The predicted molar refractivity (Wildman–Crippen MR) is 34.8 cm³/mol. The van der Waals surface area contributed by atoms with Gasteiger partial charge in [-0.1, -0.05) is 18.3 Å². The number of aryl methyl sites for hydroxylation is 1. The van der Waals surface area contributed by atoms with Gasteiger partial charge < -0.3 is 10.2 Å². The summed E-state index contributed by atoms with van der Waals surface area (Å²) < 4.78 is 0. The van der Waals surface area contributed by atoms with Gasteiger partial charge in [-0.3, -0.25) is 0 Å². The van der Waals surface area contributed by atoms with Gasteiger partial charge in [-0.25, -0.2) is 0 Å². The van der Waals surface area contributed by atoms with Crippen molar-refractivity contribution in [3.8, 4) is 11.1 Å². The van der Waals surface area contributed by atoms with Crippen LogP contribution in [-0.2, 0) is 6.42 Å². The highest BCUT2D eigenvalue weighted by molar-refractivity contribution is 7.13. The molecule has 0 aromatic carbocycles. The largest absolute Gasteiger partial charge is 0.492 e. The summed E-state index contributed by atoms with van der Waals surface area (Å²) in [7, 11) is 0. The summed E-state index contributed by atoms with van der Waals surface area (Å²) in [5.74, 6) is -0.0417. The smallest absolute Gasteiger partial charge is 0.274 e. The third kappa shape index (κ3) is 1.13. The Hall–Kier alpha value is -0.770. The first kappa shape index (κ1) is 6.35. The summed E-state index contributed by atoms with van der Waals surface area (Å²) in [5.41, 5.74) is 0. The Balaban J connectivity index is 3.01. The van der Waals surface area contributed by atoms with E-state index >= 15 is 0 Å². The van der Waals surface area contributed by atoms with Crippen molar-refractivity contribution < 1.29 is 10.2 Å². The van der Waals surface area contributed by atoms with Crippen LogP contribution in [0.1, 0.15) is 11.8 Å². The standard InChI is InChI=1S/C5H7NO2S/c1-2-3-4(7)6-5(8)9-3/h7H,2H2,1H3,(H,6,8). The zero-order chi connectivity index (χ0) is 6.85. The van der Waals surface area contributed by atoms with Crippen LogP contribution in [0.4, 0.5) is 0 Å².